The second-order valence-electron chi connectivity index (χ2n) is 17.8. The first-order valence-electron chi connectivity index (χ1n) is 23.1. The molecule has 68 heavy (non-hydrogen) atoms. The molecule has 14 aromatic rings. The van der Waals surface area contributed by atoms with Crippen LogP contribution < -0.4 is 0 Å². The van der Waals surface area contributed by atoms with Crippen molar-refractivity contribution < 1.29 is 4.42 Å². The summed E-state index contributed by atoms with van der Waals surface area (Å²) in [5, 5.41) is 7.11. The van der Waals surface area contributed by atoms with Crippen LogP contribution in [0.2, 0.25) is 0 Å². The van der Waals surface area contributed by atoms with Gasteiger partial charge in [-0.2, -0.15) is 0 Å². The van der Waals surface area contributed by atoms with E-state index in [1.807, 2.05) is 60.7 Å². The Balaban J connectivity index is 1.01. The Morgan fingerprint density at radius 2 is 0.794 bits per heavy atom. The van der Waals surface area contributed by atoms with Crippen molar-refractivity contribution in [3.05, 3.63) is 218 Å². The third-order valence-corrected chi connectivity index (χ3v) is 14.1. The molecule has 1 aliphatic carbocycles. The average Bonchev–Trinajstić information content (AvgIpc) is 4.08. The zero-order valence-corrected chi connectivity index (χ0v) is 36.5. The van der Waals surface area contributed by atoms with Gasteiger partial charge in [-0.15, -0.1) is 0 Å². The molecule has 0 spiro atoms. The fourth-order valence-corrected chi connectivity index (χ4v) is 11.2. The molecule has 0 bridgehead atoms. The van der Waals surface area contributed by atoms with Gasteiger partial charge in [0.2, 0.25) is 0 Å². The molecule has 0 saturated carbocycles. The Labute approximate surface area is 390 Å². The lowest BCUT2D eigenvalue weighted by atomic mass is 9.78. The smallest absolute Gasteiger partial charge is 0.164 e. The maximum absolute atomic E-state index is 7.48. The Bertz CT molecular complexity index is 4320. The summed E-state index contributed by atoms with van der Waals surface area (Å²) < 4.78 is 9.96. The van der Waals surface area contributed by atoms with E-state index in [1.54, 1.807) is 0 Å². The van der Waals surface area contributed by atoms with E-state index < -0.39 is 0 Å². The molecule has 0 unspecified atom stereocenters. The monoisotopic (exact) mass is 864 g/mol. The SMILES string of the molecule is c1ccc(-c2nc(-c3ccccc3)nc(-c3cccc(-c4cccc5c4oc4c6c(ccc45)-c4ccccc4-c4ccccc4-c4c-6cc5c6ccccc6n6c7ccccc7c4c56)c3)n2)cc1. The average molecular weight is 865 g/mol. The summed E-state index contributed by atoms with van der Waals surface area (Å²) in [6.07, 6.45) is 0. The van der Waals surface area contributed by atoms with Gasteiger partial charge in [0.25, 0.3) is 0 Å². The zero-order chi connectivity index (χ0) is 44.5. The van der Waals surface area contributed by atoms with E-state index in [0.29, 0.717) is 17.5 Å². The Morgan fingerprint density at radius 3 is 1.51 bits per heavy atom. The number of furan rings is 1. The molecule has 10 aromatic carbocycles. The summed E-state index contributed by atoms with van der Waals surface area (Å²) in [5.41, 5.74) is 19.6. The van der Waals surface area contributed by atoms with E-state index in [0.717, 1.165) is 66.4 Å². The lowest BCUT2D eigenvalue weighted by Crippen LogP contribution is -2.00. The fraction of sp³-hybridized carbons (Fsp3) is 0. The minimum atomic E-state index is 0.607. The number of rotatable bonds is 4. The topological polar surface area (TPSA) is 56.2 Å². The Morgan fingerprint density at radius 1 is 0.294 bits per heavy atom. The van der Waals surface area contributed by atoms with Crippen molar-refractivity contribution in [3.63, 3.8) is 0 Å². The molecule has 0 radical (unpaired) electrons. The van der Waals surface area contributed by atoms with E-state index >= 15 is 0 Å². The van der Waals surface area contributed by atoms with Crippen molar-refractivity contribution in [1.82, 2.24) is 19.4 Å². The van der Waals surface area contributed by atoms with Crippen molar-refractivity contribution in [2.24, 2.45) is 0 Å². The van der Waals surface area contributed by atoms with Gasteiger partial charge in [0, 0.05) is 65.7 Å². The first-order valence-corrected chi connectivity index (χ1v) is 23.1. The molecule has 15 rings (SSSR count). The molecule has 4 aromatic heterocycles. The molecule has 5 heteroatoms. The van der Waals surface area contributed by atoms with Gasteiger partial charge >= 0.3 is 0 Å². The molecule has 0 saturated heterocycles. The van der Waals surface area contributed by atoms with Crippen LogP contribution in [0, 0.1) is 0 Å². The van der Waals surface area contributed by atoms with Crippen LogP contribution in [0.5, 0.6) is 0 Å². The van der Waals surface area contributed by atoms with E-state index in [9.17, 15) is 0 Å². The summed E-state index contributed by atoms with van der Waals surface area (Å²) in [6, 6.07) is 77.9. The predicted molar refractivity (Wildman–Crippen MR) is 279 cm³/mol. The van der Waals surface area contributed by atoms with Crippen molar-refractivity contribution in [1.29, 1.82) is 0 Å². The van der Waals surface area contributed by atoms with Crippen LogP contribution in [-0.4, -0.2) is 19.4 Å². The highest BCUT2D eigenvalue weighted by atomic mass is 16.3. The molecule has 1 aliphatic rings. The van der Waals surface area contributed by atoms with Gasteiger partial charge in [-0.05, 0) is 69.3 Å². The highest BCUT2D eigenvalue weighted by molar-refractivity contribution is 6.31. The van der Waals surface area contributed by atoms with Crippen molar-refractivity contribution >= 4 is 60.0 Å². The van der Waals surface area contributed by atoms with Crippen LogP contribution in [0.15, 0.2) is 223 Å². The van der Waals surface area contributed by atoms with Gasteiger partial charge in [-0.3, -0.25) is 0 Å². The second-order valence-corrected chi connectivity index (χ2v) is 17.8. The molecule has 0 atom stereocenters. The van der Waals surface area contributed by atoms with Crippen LogP contribution in [0.4, 0.5) is 0 Å². The second kappa shape index (κ2) is 14.2. The number of benzene rings is 10. The van der Waals surface area contributed by atoms with Crippen LogP contribution >= 0.6 is 0 Å². The molecule has 4 heterocycles. The zero-order valence-electron chi connectivity index (χ0n) is 36.5. The maximum atomic E-state index is 7.48. The molecule has 0 N–H and O–H groups in total. The molecule has 0 aliphatic heterocycles. The normalized spacial score (nSPS) is 12.1. The third-order valence-electron chi connectivity index (χ3n) is 14.1. The highest BCUT2D eigenvalue weighted by Gasteiger charge is 2.31. The van der Waals surface area contributed by atoms with Crippen molar-refractivity contribution in [2.75, 3.05) is 0 Å². The summed E-state index contributed by atoms with van der Waals surface area (Å²) in [7, 11) is 0. The molecule has 5 nitrogen and oxygen atoms in total. The van der Waals surface area contributed by atoms with Gasteiger partial charge in [0.15, 0.2) is 17.5 Å². The van der Waals surface area contributed by atoms with E-state index in [4.69, 9.17) is 19.4 Å². The van der Waals surface area contributed by atoms with Crippen LogP contribution in [-0.2, 0) is 0 Å². The quantitative estimate of drug-likeness (QED) is 0.177. The summed E-state index contributed by atoms with van der Waals surface area (Å²) >= 11 is 0. The Hall–Kier alpha value is -9.19. The summed E-state index contributed by atoms with van der Waals surface area (Å²) in [5.74, 6) is 1.86. The number of aromatic nitrogens is 4. The minimum absolute atomic E-state index is 0.607. The van der Waals surface area contributed by atoms with Crippen molar-refractivity contribution in [2.45, 2.75) is 0 Å². The fourth-order valence-electron chi connectivity index (χ4n) is 11.2. The van der Waals surface area contributed by atoms with Crippen LogP contribution in [0.25, 0.3) is 150 Å². The first-order chi connectivity index (χ1) is 33.7. The number of fused-ring (bicyclic) bond motifs is 19. The van der Waals surface area contributed by atoms with E-state index in [2.05, 4.69) is 162 Å². The van der Waals surface area contributed by atoms with Crippen molar-refractivity contribution in [3.8, 4) is 89.8 Å². The van der Waals surface area contributed by atoms with Gasteiger partial charge in [0.05, 0.1) is 16.6 Å². The lowest BCUT2D eigenvalue weighted by molar-refractivity contribution is 0.671. The third kappa shape index (κ3) is 5.24. The largest absolute Gasteiger partial charge is 0.455 e. The number of para-hydroxylation sites is 3. The van der Waals surface area contributed by atoms with Crippen LogP contribution in [0.3, 0.4) is 0 Å². The molecular formula is C63H36N4O. The summed E-state index contributed by atoms with van der Waals surface area (Å²) in [4.78, 5) is 15.1. The van der Waals surface area contributed by atoms with Gasteiger partial charge in [-0.25, -0.2) is 15.0 Å². The van der Waals surface area contributed by atoms with Crippen LogP contribution in [0.1, 0.15) is 0 Å². The summed E-state index contributed by atoms with van der Waals surface area (Å²) in [6.45, 7) is 0. The van der Waals surface area contributed by atoms with E-state index in [-0.39, 0.29) is 0 Å². The standard InChI is InChI=1S/C63H36N4O/c1-3-17-37(18-4-1)61-64-62(38-19-5-2-6-20-38)66-63(65-61)40-22-15-21-39(35-40)41-29-16-30-48-49-34-33-47-44-25-8-7-23-42(44)43-24-9-10-27-46(43)55-52(56(47)60(49)68-59(41)48)36-51-45-26-11-13-31-53(45)67-54-32-14-12-28-50(54)57(55)58(51)67/h1-36H. The highest BCUT2D eigenvalue weighted by Crippen LogP contribution is 2.56. The number of hydrogen-bond acceptors (Lipinski definition) is 4. The number of hydrogen-bond donors (Lipinski definition) is 0. The molecule has 0 fully saturated rings. The lowest BCUT2D eigenvalue weighted by Gasteiger charge is -2.24. The number of nitrogens with zero attached hydrogens (tertiary/aromatic N) is 4. The first kappa shape index (κ1) is 37.1. The Kier molecular flexibility index (Phi) is 7.72. The van der Waals surface area contributed by atoms with Gasteiger partial charge in [-0.1, -0.05) is 188 Å². The van der Waals surface area contributed by atoms with E-state index in [1.165, 1.54) is 65.9 Å². The molecule has 314 valence electrons. The molecular weight excluding hydrogens is 829 g/mol. The molecule has 0 amide bonds. The van der Waals surface area contributed by atoms with Gasteiger partial charge < -0.3 is 8.82 Å². The predicted octanol–water partition coefficient (Wildman–Crippen LogP) is 16.6. The van der Waals surface area contributed by atoms with Gasteiger partial charge in [0.1, 0.15) is 11.2 Å². The minimum Gasteiger partial charge on any atom is -0.455 e. The maximum Gasteiger partial charge on any atom is 0.164 e.